The van der Waals surface area contributed by atoms with Crippen LogP contribution in [0.5, 0.6) is 0 Å². The summed E-state index contributed by atoms with van der Waals surface area (Å²) in [5.74, 6) is -1.33. The standard InChI is InChI=1S/C16H18F2N2O3/c1-19-8-14(21)20-11-16(18,10-17)7-13(20)15(22)23-9-12-5-3-2-4-6-12/h2-6,13H,1,7-11H2/t13?,16-/m0/s1. The van der Waals surface area contributed by atoms with Crippen molar-refractivity contribution in [1.82, 2.24) is 4.90 Å². The highest BCUT2D eigenvalue weighted by Gasteiger charge is 2.50. The van der Waals surface area contributed by atoms with Crippen LogP contribution in [0.2, 0.25) is 0 Å². The van der Waals surface area contributed by atoms with E-state index in [0.717, 1.165) is 10.5 Å². The number of esters is 1. The molecule has 7 heteroatoms. The van der Waals surface area contributed by atoms with E-state index in [1.165, 1.54) is 0 Å². The normalized spacial score (nSPS) is 23.6. The molecular weight excluding hydrogens is 306 g/mol. The molecule has 1 aromatic rings. The molecule has 1 amide bonds. The van der Waals surface area contributed by atoms with E-state index in [0.29, 0.717) is 0 Å². The van der Waals surface area contributed by atoms with Gasteiger partial charge in [0.2, 0.25) is 5.91 Å². The lowest BCUT2D eigenvalue weighted by Crippen LogP contribution is -2.43. The molecule has 124 valence electrons. The number of carbonyl (C=O) groups excluding carboxylic acids is 2. The fourth-order valence-corrected chi connectivity index (χ4v) is 2.52. The van der Waals surface area contributed by atoms with Gasteiger partial charge in [0.1, 0.15) is 25.9 Å². The Bertz CT molecular complexity index is 582. The van der Waals surface area contributed by atoms with Gasteiger partial charge in [0.05, 0.1) is 6.54 Å². The molecule has 0 spiro atoms. The molecule has 1 aromatic carbocycles. The van der Waals surface area contributed by atoms with Gasteiger partial charge in [0, 0.05) is 6.42 Å². The average Bonchev–Trinajstić information content (AvgIpc) is 2.93. The summed E-state index contributed by atoms with van der Waals surface area (Å²) >= 11 is 0. The number of aliphatic imine (C=N–C) groups is 1. The van der Waals surface area contributed by atoms with Crippen LogP contribution in [0.1, 0.15) is 12.0 Å². The maximum Gasteiger partial charge on any atom is 0.329 e. The lowest BCUT2D eigenvalue weighted by molar-refractivity contribution is -0.154. The predicted octanol–water partition coefficient (Wildman–Crippen LogP) is 1.71. The minimum absolute atomic E-state index is 0.00677. The van der Waals surface area contributed by atoms with E-state index < -0.39 is 43.2 Å². The molecular formula is C16H18F2N2O3. The number of benzene rings is 1. The Hall–Kier alpha value is -2.31. The van der Waals surface area contributed by atoms with Crippen molar-refractivity contribution >= 4 is 18.6 Å². The van der Waals surface area contributed by atoms with Crippen LogP contribution in [-0.4, -0.2) is 55.0 Å². The summed E-state index contributed by atoms with van der Waals surface area (Å²) in [6.45, 7) is 1.17. The molecule has 1 fully saturated rings. The number of hydrogen-bond donors (Lipinski definition) is 0. The summed E-state index contributed by atoms with van der Waals surface area (Å²) in [7, 11) is 0. The third-order valence-corrected chi connectivity index (χ3v) is 3.69. The number of alkyl halides is 2. The third-order valence-electron chi connectivity index (χ3n) is 3.69. The van der Waals surface area contributed by atoms with Gasteiger partial charge >= 0.3 is 5.97 Å². The van der Waals surface area contributed by atoms with Gasteiger partial charge in [-0.1, -0.05) is 30.3 Å². The Morgan fingerprint density at radius 3 is 2.70 bits per heavy atom. The zero-order valence-corrected chi connectivity index (χ0v) is 12.6. The van der Waals surface area contributed by atoms with E-state index in [1.54, 1.807) is 24.3 Å². The summed E-state index contributed by atoms with van der Waals surface area (Å²) in [4.78, 5) is 28.5. The van der Waals surface area contributed by atoms with Crippen molar-refractivity contribution in [2.45, 2.75) is 24.7 Å². The Morgan fingerprint density at radius 2 is 2.09 bits per heavy atom. The molecule has 1 saturated heterocycles. The van der Waals surface area contributed by atoms with E-state index in [4.69, 9.17) is 4.74 Å². The van der Waals surface area contributed by atoms with Gasteiger partial charge in [-0.15, -0.1) is 0 Å². The SMILES string of the molecule is C=NCC(=O)N1C[C@@](F)(CF)CC1C(=O)OCc1ccccc1. The smallest absolute Gasteiger partial charge is 0.329 e. The molecule has 1 aliphatic rings. The van der Waals surface area contributed by atoms with Gasteiger partial charge in [-0.05, 0) is 12.3 Å². The first-order chi connectivity index (χ1) is 11.0. The van der Waals surface area contributed by atoms with Gasteiger partial charge in [0.25, 0.3) is 0 Å². The van der Waals surface area contributed by atoms with Gasteiger partial charge in [-0.2, -0.15) is 0 Å². The molecule has 0 N–H and O–H groups in total. The van der Waals surface area contributed by atoms with E-state index >= 15 is 0 Å². The van der Waals surface area contributed by atoms with Crippen molar-refractivity contribution in [3.8, 4) is 0 Å². The van der Waals surface area contributed by atoms with Crippen molar-refractivity contribution < 1.29 is 23.1 Å². The van der Waals surface area contributed by atoms with Crippen molar-refractivity contribution in [1.29, 1.82) is 0 Å². The minimum atomic E-state index is -2.23. The molecule has 0 saturated carbocycles. The van der Waals surface area contributed by atoms with E-state index in [1.807, 2.05) is 6.07 Å². The number of carbonyl (C=O) groups is 2. The lowest BCUT2D eigenvalue weighted by atomic mass is 10.0. The molecule has 0 aromatic heterocycles. The fourth-order valence-electron chi connectivity index (χ4n) is 2.52. The van der Waals surface area contributed by atoms with Crippen LogP contribution in [0.3, 0.4) is 0 Å². The van der Waals surface area contributed by atoms with Crippen molar-refractivity contribution in [2.24, 2.45) is 4.99 Å². The zero-order chi connectivity index (χ0) is 16.9. The quantitative estimate of drug-likeness (QED) is 0.591. The molecule has 0 aliphatic carbocycles. The van der Waals surface area contributed by atoms with Crippen LogP contribution in [0.25, 0.3) is 0 Å². The third kappa shape index (κ3) is 4.12. The molecule has 0 radical (unpaired) electrons. The highest BCUT2D eigenvalue weighted by Crippen LogP contribution is 2.32. The van der Waals surface area contributed by atoms with Crippen LogP contribution in [0.4, 0.5) is 8.78 Å². The predicted molar refractivity (Wildman–Crippen MR) is 80.6 cm³/mol. The van der Waals surface area contributed by atoms with Crippen molar-refractivity contribution in [3.05, 3.63) is 35.9 Å². The summed E-state index contributed by atoms with van der Waals surface area (Å²) in [5.41, 5.74) is -1.46. The second kappa shape index (κ2) is 7.30. The molecule has 1 unspecified atom stereocenters. The Labute approximate surface area is 132 Å². The number of amides is 1. The van der Waals surface area contributed by atoms with Crippen LogP contribution in [0, 0.1) is 0 Å². The summed E-state index contributed by atoms with van der Waals surface area (Å²) in [5, 5.41) is 0. The van der Waals surface area contributed by atoms with E-state index in [9.17, 15) is 18.4 Å². The van der Waals surface area contributed by atoms with Gasteiger partial charge < -0.3 is 9.64 Å². The van der Waals surface area contributed by atoms with Crippen molar-refractivity contribution in [3.63, 3.8) is 0 Å². The number of likely N-dealkylation sites (tertiary alicyclic amines) is 1. The number of halogens is 2. The van der Waals surface area contributed by atoms with Gasteiger partial charge in [0.15, 0.2) is 5.67 Å². The zero-order valence-electron chi connectivity index (χ0n) is 12.6. The number of hydrogen-bond acceptors (Lipinski definition) is 4. The molecule has 2 rings (SSSR count). The molecule has 23 heavy (non-hydrogen) atoms. The summed E-state index contributed by atoms with van der Waals surface area (Å²) in [6, 6.07) is 7.80. The molecule has 1 aliphatic heterocycles. The molecule has 5 nitrogen and oxygen atoms in total. The largest absolute Gasteiger partial charge is 0.459 e. The maximum atomic E-state index is 14.2. The lowest BCUT2D eigenvalue weighted by Gasteiger charge is -2.22. The van der Waals surface area contributed by atoms with Crippen molar-refractivity contribution in [2.75, 3.05) is 19.8 Å². The van der Waals surface area contributed by atoms with E-state index in [2.05, 4.69) is 11.7 Å². The topological polar surface area (TPSA) is 59.0 Å². The summed E-state index contributed by atoms with van der Waals surface area (Å²) in [6.07, 6.45) is -0.417. The molecule has 2 atom stereocenters. The highest BCUT2D eigenvalue weighted by atomic mass is 19.2. The Kier molecular flexibility index (Phi) is 5.41. The van der Waals surface area contributed by atoms with Gasteiger partial charge in [-0.3, -0.25) is 9.79 Å². The fraction of sp³-hybridized carbons (Fsp3) is 0.438. The van der Waals surface area contributed by atoms with Gasteiger partial charge in [-0.25, -0.2) is 13.6 Å². The second-order valence-corrected chi connectivity index (χ2v) is 5.50. The second-order valence-electron chi connectivity index (χ2n) is 5.50. The monoisotopic (exact) mass is 324 g/mol. The van der Waals surface area contributed by atoms with Crippen LogP contribution in [-0.2, 0) is 20.9 Å². The molecule has 0 bridgehead atoms. The molecule has 1 heterocycles. The first kappa shape index (κ1) is 17.1. The number of ether oxygens (including phenoxy) is 1. The van der Waals surface area contributed by atoms with Crippen LogP contribution in [0.15, 0.2) is 35.3 Å². The number of nitrogens with zero attached hydrogens (tertiary/aromatic N) is 2. The van der Waals surface area contributed by atoms with Crippen LogP contribution >= 0.6 is 0 Å². The maximum absolute atomic E-state index is 14.2. The van der Waals surface area contributed by atoms with E-state index in [-0.39, 0.29) is 13.2 Å². The number of rotatable bonds is 6. The minimum Gasteiger partial charge on any atom is -0.459 e. The summed E-state index contributed by atoms with van der Waals surface area (Å²) < 4.78 is 32.3. The highest BCUT2D eigenvalue weighted by molar-refractivity contribution is 5.87. The first-order valence-electron chi connectivity index (χ1n) is 7.16. The Balaban J connectivity index is 2.05. The Morgan fingerprint density at radius 1 is 1.39 bits per heavy atom. The first-order valence-corrected chi connectivity index (χ1v) is 7.16. The average molecular weight is 324 g/mol. The van der Waals surface area contributed by atoms with Crippen LogP contribution < -0.4 is 0 Å².